The van der Waals surface area contributed by atoms with Gasteiger partial charge in [-0.2, -0.15) is 5.10 Å². The number of nitrogen functional groups attached to an aromatic ring is 1. The quantitative estimate of drug-likeness (QED) is 0.0995. The number of benzene rings is 2. The molecule has 0 spiro atoms. The fourth-order valence-electron chi connectivity index (χ4n) is 5.29. The second-order valence-electron chi connectivity index (χ2n) is 11.0. The van der Waals surface area contributed by atoms with Crippen LogP contribution in [0.2, 0.25) is 0 Å². The summed E-state index contributed by atoms with van der Waals surface area (Å²) < 4.78 is 14.8. The van der Waals surface area contributed by atoms with Crippen molar-refractivity contribution in [3.63, 3.8) is 0 Å². The highest BCUT2D eigenvalue weighted by Gasteiger charge is 2.19. The number of nitrogens with one attached hydrogen (secondary N) is 2. The first-order chi connectivity index (χ1) is 22.6. The summed E-state index contributed by atoms with van der Waals surface area (Å²) in [7, 11) is 0. The molecule has 248 valence electrons. The molecule has 0 atom stereocenters. The lowest BCUT2D eigenvalue weighted by Gasteiger charge is -2.26. The van der Waals surface area contributed by atoms with E-state index in [-0.39, 0.29) is 23.0 Å². The summed E-state index contributed by atoms with van der Waals surface area (Å²) in [6.45, 7) is 8.97. The van der Waals surface area contributed by atoms with Gasteiger partial charge >= 0.3 is 5.97 Å². The number of carboxylic acid groups (broad SMARTS) is 1. The van der Waals surface area contributed by atoms with Gasteiger partial charge in [-0.3, -0.25) is 24.5 Å². The molecule has 3 heterocycles. The summed E-state index contributed by atoms with van der Waals surface area (Å²) in [5.41, 5.74) is 15.2. The highest BCUT2D eigenvalue weighted by molar-refractivity contribution is 6.03. The van der Waals surface area contributed by atoms with Crippen molar-refractivity contribution in [2.75, 3.05) is 62.4 Å². The minimum atomic E-state index is -1.08. The summed E-state index contributed by atoms with van der Waals surface area (Å²) in [5.74, 6) is -1.39. The standard InChI is InChI=1S/C32H39N9O6/c1-3-41-26(16-20(2)38-41)30(43)37-32-36-24-18-21(31(44)45)6-7-25(24)40(32)9-5-4-8-35-28-23(33)17-22(29(34)42)19-27(28)47-15-12-39-10-13-46-14-11-39/h4-7,16-19,35H,3,8-15,33H2,1-2H3,(H2,34,42)(H,44,45)(H,36,37,43)/b5-4+. The Hall–Kier alpha value is -5.41. The largest absolute Gasteiger partial charge is 0.490 e. The molecule has 4 aromatic rings. The van der Waals surface area contributed by atoms with Gasteiger partial charge in [0.05, 0.1) is 41.2 Å². The van der Waals surface area contributed by atoms with Crippen LogP contribution in [0.25, 0.3) is 11.0 Å². The molecule has 15 heteroatoms. The predicted molar refractivity (Wildman–Crippen MR) is 177 cm³/mol. The van der Waals surface area contributed by atoms with Crippen molar-refractivity contribution in [2.24, 2.45) is 5.73 Å². The lowest BCUT2D eigenvalue weighted by Crippen LogP contribution is -2.38. The van der Waals surface area contributed by atoms with Crippen LogP contribution in [-0.2, 0) is 17.8 Å². The number of nitrogens with two attached hydrogens (primary N) is 2. The highest BCUT2D eigenvalue weighted by atomic mass is 16.5. The van der Waals surface area contributed by atoms with Crippen LogP contribution in [0, 0.1) is 6.92 Å². The number of carboxylic acids is 1. The Labute approximate surface area is 271 Å². The van der Waals surface area contributed by atoms with E-state index < -0.39 is 11.9 Å². The molecule has 2 amide bonds. The number of carbonyl (C=O) groups excluding carboxylic acids is 2. The second-order valence-corrected chi connectivity index (χ2v) is 11.0. The number of hydrogen-bond donors (Lipinski definition) is 5. The SMILES string of the molecule is CCn1nc(C)cc1C(=O)Nc1nc2cc(C(=O)O)ccc2n1C/C=C/CNc1c(N)cc(C(N)=O)cc1OCCN1CCOCC1. The van der Waals surface area contributed by atoms with Gasteiger partial charge in [0.15, 0.2) is 0 Å². The molecule has 1 saturated heterocycles. The molecule has 7 N–H and O–H groups in total. The Kier molecular flexibility index (Phi) is 10.4. The summed E-state index contributed by atoms with van der Waals surface area (Å²) in [5, 5.41) is 20.0. The summed E-state index contributed by atoms with van der Waals surface area (Å²) >= 11 is 0. The number of nitrogens with zero attached hydrogens (tertiary/aromatic N) is 5. The zero-order chi connectivity index (χ0) is 33.5. The van der Waals surface area contributed by atoms with Gasteiger partial charge in [-0.1, -0.05) is 12.2 Å². The lowest BCUT2D eigenvalue weighted by atomic mass is 10.1. The monoisotopic (exact) mass is 645 g/mol. The van der Waals surface area contributed by atoms with Gasteiger partial charge < -0.3 is 35.9 Å². The normalized spacial score (nSPS) is 13.7. The van der Waals surface area contributed by atoms with Crippen molar-refractivity contribution >= 4 is 46.1 Å². The highest BCUT2D eigenvalue weighted by Crippen LogP contribution is 2.32. The van der Waals surface area contributed by atoms with E-state index in [0.29, 0.717) is 85.5 Å². The van der Waals surface area contributed by atoms with Gasteiger partial charge in [-0.05, 0) is 50.2 Å². The minimum absolute atomic E-state index is 0.0855. The Morgan fingerprint density at radius 3 is 2.62 bits per heavy atom. The molecule has 1 aliphatic heterocycles. The first-order valence-electron chi connectivity index (χ1n) is 15.3. The number of aryl methyl sites for hydroxylation is 2. The van der Waals surface area contributed by atoms with Crippen molar-refractivity contribution in [1.82, 2.24) is 24.2 Å². The number of allylic oxidation sites excluding steroid dienone is 1. The van der Waals surface area contributed by atoms with Crippen LogP contribution in [-0.4, -0.2) is 93.1 Å². The molecular weight excluding hydrogens is 606 g/mol. The maximum Gasteiger partial charge on any atom is 0.335 e. The molecule has 2 aromatic carbocycles. The number of rotatable bonds is 14. The smallest absolute Gasteiger partial charge is 0.335 e. The molecular formula is C32H39N9O6. The summed E-state index contributed by atoms with van der Waals surface area (Å²) in [6.07, 6.45) is 3.75. The topological polar surface area (TPSA) is 205 Å². The molecule has 1 fully saturated rings. The molecule has 0 bridgehead atoms. The molecule has 5 rings (SSSR count). The number of aromatic nitrogens is 4. The predicted octanol–water partition coefficient (Wildman–Crippen LogP) is 2.57. The molecule has 15 nitrogen and oxygen atoms in total. The van der Waals surface area contributed by atoms with Crippen LogP contribution in [0.4, 0.5) is 17.3 Å². The van der Waals surface area contributed by atoms with E-state index in [1.807, 2.05) is 26.0 Å². The van der Waals surface area contributed by atoms with Crippen LogP contribution in [0.3, 0.4) is 0 Å². The Bertz CT molecular complexity index is 1810. The number of imidazole rings is 1. The maximum atomic E-state index is 13.2. The molecule has 0 unspecified atom stereocenters. The number of anilines is 3. The molecule has 1 aliphatic rings. The van der Waals surface area contributed by atoms with Gasteiger partial charge in [0.25, 0.3) is 5.91 Å². The van der Waals surface area contributed by atoms with Crippen molar-refractivity contribution in [3.05, 3.63) is 71.1 Å². The maximum absolute atomic E-state index is 13.2. The zero-order valence-corrected chi connectivity index (χ0v) is 26.4. The van der Waals surface area contributed by atoms with Crippen LogP contribution in [0.5, 0.6) is 5.75 Å². The molecule has 0 saturated carbocycles. The Balaban J connectivity index is 1.32. The summed E-state index contributed by atoms with van der Waals surface area (Å²) in [4.78, 5) is 43.5. The van der Waals surface area contributed by atoms with Crippen molar-refractivity contribution in [3.8, 4) is 5.75 Å². The lowest BCUT2D eigenvalue weighted by molar-refractivity contribution is 0.0323. The van der Waals surface area contributed by atoms with E-state index in [4.69, 9.17) is 20.9 Å². The minimum Gasteiger partial charge on any atom is -0.490 e. The van der Waals surface area contributed by atoms with Gasteiger partial charge in [0, 0.05) is 44.8 Å². The average Bonchev–Trinajstić information content (AvgIpc) is 3.60. The van der Waals surface area contributed by atoms with Crippen molar-refractivity contribution < 1.29 is 29.0 Å². The van der Waals surface area contributed by atoms with Gasteiger partial charge in [-0.25, -0.2) is 9.78 Å². The number of hydrogen-bond acceptors (Lipinski definition) is 10. The van der Waals surface area contributed by atoms with E-state index in [9.17, 15) is 19.5 Å². The first kappa shape index (κ1) is 33.0. The van der Waals surface area contributed by atoms with Crippen LogP contribution < -0.4 is 26.8 Å². The van der Waals surface area contributed by atoms with Crippen molar-refractivity contribution in [1.29, 1.82) is 0 Å². The molecule has 47 heavy (non-hydrogen) atoms. The fraction of sp³-hybridized carbons (Fsp3) is 0.344. The van der Waals surface area contributed by atoms with Crippen LogP contribution in [0.15, 0.2) is 48.6 Å². The zero-order valence-electron chi connectivity index (χ0n) is 26.4. The van der Waals surface area contributed by atoms with Crippen LogP contribution in [0.1, 0.15) is 43.8 Å². The Morgan fingerprint density at radius 1 is 1.11 bits per heavy atom. The number of aromatic carboxylic acids is 1. The van der Waals surface area contributed by atoms with Crippen molar-refractivity contribution in [2.45, 2.75) is 26.9 Å². The Morgan fingerprint density at radius 2 is 1.89 bits per heavy atom. The number of fused-ring (bicyclic) bond motifs is 1. The van der Waals surface area contributed by atoms with E-state index in [1.165, 1.54) is 18.2 Å². The van der Waals surface area contributed by atoms with Crippen LogP contribution >= 0.6 is 0 Å². The number of ether oxygens (including phenoxy) is 2. The van der Waals surface area contributed by atoms with Gasteiger partial charge in [-0.15, -0.1) is 0 Å². The summed E-state index contributed by atoms with van der Waals surface area (Å²) in [6, 6.07) is 9.40. The van der Waals surface area contributed by atoms with Gasteiger partial charge in [0.1, 0.15) is 23.7 Å². The van der Waals surface area contributed by atoms with E-state index >= 15 is 0 Å². The molecule has 2 aromatic heterocycles. The number of amides is 2. The number of carbonyl (C=O) groups is 3. The molecule has 0 radical (unpaired) electrons. The first-order valence-corrected chi connectivity index (χ1v) is 15.3. The second kappa shape index (κ2) is 14.8. The number of morpholine rings is 1. The van der Waals surface area contributed by atoms with E-state index in [1.54, 1.807) is 27.4 Å². The van der Waals surface area contributed by atoms with E-state index in [0.717, 1.165) is 13.1 Å². The third-order valence-corrected chi connectivity index (χ3v) is 7.69. The third kappa shape index (κ3) is 7.88. The number of primary amides is 1. The fourth-order valence-corrected chi connectivity index (χ4v) is 5.29. The van der Waals surface area contributed by atoms with E-state index in [2.05, 4.69) is 25.6 Å². The third-order valence-electron chi connectivity index (χ3n) is 7.69. The molecule has 0 aliphatic carbocycles. The average molecular weight is 646 g/mol. The van der Waals surface area contributed by atoms with Gasteiger partial charge in [0.2, 0.25) is 11.9 Å².